The van der Waals surface area contributed by atoms with Crippen LogP contribution in [0.3, 0.4) is 0 Å². The molecule has 2 aromatic rings. The lowest BCUT2D eigenvalue weighted by molar-refractivity contribution is 0.0680. The Bertz CT molecular complexity index is 549. The van der Waals surface area contributed by atoms with E-state index in [1.807, 2.05) is 18.2 Å². The van der Waals surface area contributed by atoms with E-state index < -0.39 is 0 Å². The van der Waals surface area contributed by atoms with Gasteiger partial charge in [-0.3, -0.25) is 0 Å². The van der Waals surface area contributed by atoms with Gasteiger partial charge in [0.1, 0.15) is 12.4 Å². The number of alkyl halides is 1. The van der Waals surface area contributed by atoms with Gasteiger partial charge in [-0.05, 0) is 31.0 Å². The molecule has 1 aliphatic rings. The van der Waals surface area contributed by atoms with E-state index in [1.165, 1.54) is 0 Å². The van der Waals surface area contributed by atoms with Gasteiger partial charge in [0.15, 0.2) is 5.58 Å². The fourth-order valence-corrected chi connectivity index (χ4v) is 2.67. The second-order valence-corrected chi connectivity index (χ2v) is 5.47. The number of rotatable bonds is 5. The van der Waals surface area contributed by atoms with E-state index in [0.29, 0.717) is 6.61 Å². The highest BCUT2D eigenvalue weighted by molar-refractivity contribution is 9.09. The Morgan fingerprint density at radius 1 is 1.42 bits per heavy atom. The van der Waals surface area contributed by atoms with Gasteiger partial charge in [0, 0.05) is 23.7 Å². The number of aryl methyl sites for hydroxylation is 1. The average Bonchev–Trinajstić information content (AvgIpc) is 3.07. The Morgan fingerprint density at radius 2 is 2.37 bits per heavy atom. The summed E-state index contributed by atoms with van der Waals surface area (Å²) in [7, 11) is 0. The van der Waals surface area contributed by atoms with E-state index >= 15 is 0 Å². The van der Waals surface area contributed by atoms with Crippen LogP contribution in [-0.4, -0.2) is 29.8 Å². The van der Waals surface area contributed by atoms with E-state index in [0.717, 1.165) is 53.6 Å². The first-order chi connectivity index (χ1) is 9.36. The summed E-state index contributed by atoms with van der Waals surface area (Å²) in [4.78, 5) is 0. The third-order valence-electron chi connectivity index (χ3n) is 3.31. The van der Waals surface area contributed by atoms with Crippen molar-refractivity contribution in [2.45, 2.75) is 25.4 Å². The van der Waals surface area contributed by atoms with Gasteiger partial charge in [-0.2, -0.15) is 0 Å². The van der Waals surface area contributed by atoms with Crippen LogP contribution in [0.5, 0.6) is 5.75 Å². The van der Waals surface area contributed by atoms with Crippen LogP contribution >= 0.6 is 15.9 Å². The summed E-state index contributed by atoms with van der Waals surface area (Å²) in [5.41, 5.74) is 1.77. The number of fused-ring (bicyclic) bond motifs is 1. The summed E-state index contributed by atoms with van der Waals surface area (Å²) in [6.07, 6.45) is 3.31. The number of nitrogens with zero attached hydrogens (tertiary/aromatic N) is 1. The lowest BCUT2D eigenvalue weighted by Crippen LogP contribution is -2.16. The highest BCUT2D eigenvalue weighted by Crippen LogP contribution is 2.25. The van der Waals surface area contributed by atoms with E-state index in [-0.39, 0.29) is 6.10 Å². The third kappa shape index (κ3) is 2.92. The van der Waals surface area contributed by atoms with Crippen molar-refractivity contribution < 1.29 is 14.0 Å². The molecule has 1 fully saturated rings. The van der Waals surface area contributed by atoms with E-state index in [2.05, 4.69) is 21.1 Å². The molecule has 3 rings (SSSR count). The zero-order valence-electron chi connectivity index (χ0n) is 10.6. The van der Waals surface area contributed by atoms with Gasteiger partial charge in [-0.1, -0.05) is 21.1 Å². The van der Waals surface area contributed by atoms with Crippen molar-refractivity contribution in [1.82, 2.24) is 5.16 Å². The second kappa shape index (κ2) is 5.92. The predicted molar refractivity (Wildman–Crippen MR) is 76.0 cm³/mol. The van der Waals surface area contributed by atoms with Crippen LogP contribution in [0, 0.1) is 0 Å². The molecule has 102 valence electrons. The zero-order chi connectivity index (χ0) is 13.1. The summed E-state index contributed by atoms with van der Waals surface area (Å²) < 4.78 is 16.6. The van der Waals surface area contributed by atoms with Crippen molar-refractivity contribution in [3.8, 4) is 5.75 Å². The van der Waals surface area contributed by atoms with Crippen LogP contribution in [0.2, 0.25) is 0 Å². The number of aromatic nitrogens is 1. The highest BCUT2D eigenvalue weighted by atomic mass is 79.9. The van der Waals surface area contributed by atoms with Gasteiger partial charge in [-0.15, -0.1) is 0 Å². The van der Waals surface area contributed by atoms with Crippen molar-refractivity contribution >= 4 is 26.9 Å². The van der Waals surface area contributed by atoms with Crippen LogP contribution < -0.4 is 4.74 Å². The quantitative estimate of drug-likeness (QED) is 0.791. The first-order valence-electron chi connectivity index (χ1n) is 6.55. The van der Waals surface area contributed by atoms with Gasteiger partial charge in [0.2, 0.25) is 0 Å². The summed E-state index contributed by atoms with van der Waals surface area (Å²) in [5.74, 6) is 0.849. The Morgan fingerprint density at radius 3 is 3.16 bits per heavy atom. The topological polar surface area (TPSA) is 44.5 Å². The average molecular weight is 326 g/mol. The summed E-state index contributed by atoms with van der Waals surface area (Å²) in [6.45, 7) is 1.47. The number of hydrogen-bond acceptors (Lipinski definition) is 4. The van der Waals surface area contributed by atoms with Crippen LogP contribution in [0.4, 0.5) is 0 Å². The molecule has 4 nitrogen and oxygen atoms in total. The predicted octanol–water partition coefficient (Wildman–Crippen LogP) is 3.32. The lowest BCUT2D eigenvalue weighted by atomic mass is 10.2. The standard InChI is InChI=1S/C14H16BrNO3/c15-6-5-13-12-8-10(3-4-14(12)19-16-13)18-9-11-2-1-7-17-11/h3-4,8,11H,1-2,5-7,9H2. The molecular weight excluding hydrogens is 310 g/mol. The van der Waals surface area contributed by atoms with Crippen molar-refractivity contribution in [1.29, 1.82) is 0 Å². The molecule has 2 heterocycles. The molecule has 19 heavy (non-hydrogen) atoms. The molecule has 1 aromatic carbocycles. The molecule has 0 aliphatic carbocycles. The third-order valence-corrected chi connectivity index (χ3v) is 3.70. The van der Waals surface area contributed by atoms with Crippen molar-refractivity contribution in [2.75, 3.05) is 18.5 Å². The molecule has 0 saturated carbocycles. The number of ether oxygens (including phenoxy) is 2. The molecule has 1 saturated heterocycles. The van der Waals surface area contributed by atoms with Crippen molar-refractivity contribution in [3.63, 3.8) is 0 Å². The van der Waals surface area contributed by atoms with Gasteiger partial charge in [-0.25, -0.2) is 0 Å². The molecule has 1 aliphatic heterocycles. The van der Waals surface area contributed by atoms with Gasteiger partial charge < -0.3 is 14.0 Å². The molecule has 0 spiro atoms. The van der Waals surface area contributed by atoms with Gasteiger partial charge in [0.05, 0.1) is 11.8 Å². The summed E-state index contributed by atoms with van der Waals surface area (Å²) in [6, 6.07) is 5.82. The molecule has 0 N–H and O–H groups in total. The SMILES string of the molecule is BrCCc1noc2ccc(OCC3CCCO3)cc12. The van der Waals surface area contributed by atoms with Crippen molar-refractivity contribution in [2.24, 2.45) is 0 Å². The minimum atomic E-state index is 0.236. The van der Waals surface area contributed by atoms with Gasteiger partial charge >= 0.3 is 0 Å². The maximum Gasteiger partial charge on any atom is 0.167 e. The molecule has 5 heteroatoms. The molecule has 0 bridgehead atoms. The Kier molecular flexibility index (Phi) is 4.03. The fourth-order valence-electron chi connectivity index (χ4n) is 2.29. The largest absolute Gasteiger partial charge is 0.491 e. The van der Waals surface area contributed by atoms with Crippen molar-refractivity contribution in [3.05, 3.63) is 23.9 Å². The first-order valence-corrected chi connectivity index (χ1v) is 7.67. The molecule has 0 radical (unpaired) electrons. The molecule has 1 unspecified atom stereocenters. The minimum absolute atomic E-state index is 0.236. The number of benzene rings is 1. The zero-order valence-corrected chi connectivity index (χ0v) is 12.2. The Hall–Kier alpha value is -1.07. The lowest BCUT2D eigenvalue weighted by Gasteiger charge is -2.11. The van der Waals surface area contributed by atoms with Crippen LogP contribution in [0.1, 0.15) is 18.5 Å². The number of halogens is 1. The second-order valence-electron chi connectivity index (χ2n) is 4.67. The summed E-state index contributed by atoms with van der Waals surface area (Å²) >= 11 is 3.42. The van der Waals surface area contributed by atoms with E-state index in [9.17, 15) is 0 Å². The normalized spacial score (nSPS) is 19.1. The monoisotopic (exact) mass is 325 g/mol. The smallest absolute Gasteiger partial charge is 0.167 e. The Balaban J connectivity index is 1.73. The number of hydrogen-bond donors (Lipinski definition) is 0. The maximum atomic E-state index is 5.79. The molecule has 1 atom stereocenters. The fraction of sp³-hybridized carbons (Fsp3) is 0.500. The van der Waals surface area contributed by atoms with Crippen LogP contribution in [0.25, 0.3) is 11.0 Å². The van der Waals surface area contributed by atoms with Crippen LogP contribution in [0.15, 0.2) is 22.7 Å². The Labute approximate surface area is 120 Å². The first kappa shape index (κ1) is 12.9. The summed E-state index contributed by atoms with van der Waals surface area (Å²) in [5, 5.41) is 5.98. The molecular formula is C14H16BrNO3. The van der Waals surface area contributed by atoms with Gasteiger partial charge in [0.25, 0.3) is 0 Å². The maximum absolute atomic E-state index is 5.79. The van der Waals surface area contributed by atoms with E-state index in [1.54, 1.807) is 0 Å². The molecule has 0 amide bonds. The molecule has 1 aromatic heterocycles. The van der Waals surface area contributed by atoms with Crippen LogP contribution in [-0.2, 0) is 11.2 Å². The van der Waals surface area contributed by atoms with E-state index in [4.69, 9.17) is 14.0 Å². The highest BCUT2D eigenvalue weighted by Gasteiger charge is 2.16. The minimum Gasteiger partial charge on any atom is -0.491 e.